The van der Waals surface area contributed by atoms with E-state index in [9.17, 15) is 4.79 Å². The lowest BCUT2D eigenvalue weighted by atomic mass is 9.69. The SMILES string of the molecule is Cc1ccc(-c2nnc(CCC(=O)NCC3(c4cccc(C)c4)CCCCC3)o2)cc1. The molecule has 5 heteroatoms. The van der Waals surface area contributed by atoms with E-state index < -0.39 is 0 Å². The number of carbonyl (C=O) groups excluding carboxylic acids is 1. The van der Waals surface area contributed by atoms with E-state index in [1.807, 2.05) is 31.2 Å². The van der Waals surface area contributed by atoms with Crippen LogP contribution in [0.5, 0.6) is 0 Å². The van der Waals surface area contributed by atoms with E-state index in [2.05, 4.69) is 46.7 Å². The van der Waals surface area contributed by atoms with E-state index in [1.54, 1.807) is 0 Å². The number of nitrogens with one attached hydrogen (secondary N) is 1. The molecule has 1 saturated carbocycles. The van der Waals surface area contributed by atoms with Crippen molar-refractivity contribution in [3.8, 4) is 11.5 Å². The Bertz CT molecular complexity index is 1020. The third kappa shape index (κ3) is 5.22. The molecule has 1 heterocycles. The first kappa shape index (κ1) is 21.3. The van der Waals surface area contributed by atoms with Crippen LogP contribution in [0.15, 0.2) is 52.9 Å². The Labute approximate surface area is 184 Å². The molecule has 4 rings (SSSR count). The van der Waals surface area contributed by atoms with Crippen molar-refractivity contribution < 1.29 is 9.21 Å². The molecular formula is C26H31N3O2. The van der Waals surface area contributed by atoms with Gasteiger partial charge >= 0.3 is 0 Å². The van der Waals surface area contributed by atoms with Gasteiger partial charge < -0.3 is 9.73 Å². The van der Waals surface area contributed by atoms with E-state index in [0.29, 0.717) is 31.2 Å². The molecule has 0 radical (unpaired) electrons. The van der Waals surface area contributed by atoms with Crippen LogP contribution in [0.4, 0.5) is 0 Å². The summed E-state index contributed by atoms with van der Waals surface area (Å²) in [6.45, 7) is 4.86. The van der Waals surface area contributed by atoms with Crippen molar-refractivity contribution in [3.63, 3.8) is 0 Å². The molecule has 0 unspecified atom stereocenters. The Morgan fingerprint density at radius 1 is 1.00 bits per heavy atom. The average molecular weight is 418 g/mol. The Hall–Kier alpha value is -2.95. The molecule has 0 spiro atoms. The van der Waals surface area contributed by atoms with Crippen LogP contribution in [0.3, 0.4) is 0 Å². The summed E-state index contributed by atoms with van der Waals surface area (Å²) in [5.74, 6) is 1.03. The van der Waals surface area contributed by atoms with Gasteiger partial charge in [0.15, 0.2) is 0 Å². The molecule has 0 saturated heterocycles. The molecule has 31 heavy (non-hydrogen) atoms. The van der Waals surface area contributed by atoms with Crippen LogP contribution >= 0.6 is 0 Å². The Morgan fingerprint density at radius 2 is 1.77 bits per heavy atom. The van der Waals surface area contributed by atoms with Crippen LogP contribution in [-0.2, 0) is 16.6 Å². The van der Waals surface area contributed by atoms with E-state index in [1.165, 1.54) is 36.0 Å². The van der Waals surface area contributed by atoms with Gasteiger partial charge in [-0.3, -0.25) is 4.79 Å². The second-order valence-electron chi connectivity index (χ2n) is 8.85. The molecule has 0 atom stereocenters. The fraction of sp³-hybridized carbons (Fsp3) is 0.423. The first-order valence-corrected chi connectivity index (χ1v) is 11.3. The zero-order chi connectivity index (χ0) is 21.7. The first-order valence-electron chi connectivity index (χ1n) is 11.3. The van der Waals surface area contributed by atoms with Crippen molar-refractivity contribution in [2.75, 3.05) is 6.54 Å². The minimum absolute atomic E-state index is 0.0349. The van der Waals surface area contributed by atoms with Crippen molar-refractivity contribution in [2.24, 2.45) is 0 Å². The standard InChI is InChI=1S/C26H31N3O2/c1-19-9-11-21(12-10-19)25-29-28-24(31-25)14-13-23(30)27-18-26(15-4-3-5-16-26)22-8-6-7-20(2)17-22/h6-12,17H,3-5,13-16,18H2,1-2H3,(H,27,30). The Kier molecular flexibility index (Phi) is 6.50. The maximum atomic E-state index is 12.6. The zero-order valence-electron chi connectivity index (χ0n) is 18.5. The number of aromatic nitrogens is 2. The molecule has 1 aromatic heterocycles. The third-order valence-corrected chi connectivity index (χ3v) is 6.40. The summed E-state index contributed by atoms with van der Waals surface area (Å²) in [5.41, 5.74) is 4.75. The molecule has 1 fully saturated rings. The molecule has 162 valence electrons. The molecule has 1 aliphatic carbocycles. The highest BCUT2D eigenvalue weighted by Gasteiger charge is 2.34. The molecule has 2 aromatic carbocycles. The van der Waals surface area contributed by atoms with Crippen LogP contribution in [0.25, 0.3) is 11.5 Å². The van der Waals surface area contributed by atoms with Gasteiger partial charge in [-0.25, -0.2) is 0 Å². The van der Waals surface area contributed by atoms with E-state index >= 15 is 0 Å². The lowest BCUT2D eigenvalue weighted by Crippen LogP contribution is -2.42. The summed E-state index contributed by atoms with van der Waals surface area (Å²) in [7, 11) is 0. The van der Waals surface area contributed by atoms with Crippen LogP contribution in [0, 0.1) is 13.8 Å². The van der Waals surface area contributed by atoms with Crippen molar-refractivity contribution >= 4 is 5.91 Å². The molecule has 1 aliphatic rings. The van der Waals surface area contributed by atoms with Crippen LogP contribution in [0.2, 0.25) is 0 Å². The molecule has 1 N–H and O–H groups in total. The quantitative estimate of drug-likeness (QED) is 0.566. The minimum Gasteiger partial charge on any atom is -0.421 e. The number of aryl methyl sites for hydroxylation is 3. The predicted octanol–water partition coefficient (Wildman–Crippen LogP) is 5.30. The molecule has 5 nitrogen and oxygen atoms in total. The second-order valence-corrected chi connectivity index (χ2v) is 8.85. The van der Waals surface area contributed by atoms with Gasteiger partial charge in [0, 0.05) is 30.4 Å². The number of rotatable bonds is 7. The van der Waals surface area contributed by atoms with Gasteiger partial charge in [0.2, 0.25) is 17.7 Å². The van der Waals surface area contributed by atoms with Gasteiger partial charge in [0.1, 0.15) is 0 Å². The lowest BCUT2D eigenvalue weighted by molar-refractivity contribution is -0.121. The van der Waals surface area contributed by atoms with Crippen LogP contribution in [-0.4, -0.2) is 22.6 Å². The van der Waals surface area contributed by atoms with Crippen LogP contribution in [0.1, 0.15) is 61.1 Å². The van der Waals surface area contributed by atoms with Gasteiger partial charge in [-0.2, -0.15) is 0 Å². The maximum absolute atomic E-state index is 12.6. The normalized spacial score (nSPS) is 15.5. The number of hydrogen-bond acceptors (Lipinski definition) is 4. The summed E-state index contributed by atoms with van der Waals surface area (Å²) in [4.78, 5) is 12.6. The average Bonchev–Trinajstić information content (AvgIpc) is 3.26. The van der Waals surface area contributed by atoms with Crippen molar-refractivity contribution in [3.05, 3.63) is 71.1 Å². The number of nitrogens with zero attached hydrogens (tertiary/aromatic N) is 2. The van der Waals surface area contributed by atoms with Gasteiger partial charge in [0.25, 0.3) is 0 Å². The van der Waals surface area contributed by atoms with E-state index in [4.69, 9.17) is 4.42 Å². The maximum Gasteiger partial charge on any atom is 0.247 e. The molecule has 0 bridgehead atoms. The molecule has 1 amide bonds. The van der Waals surface area contributed by atoms with E-state index in [-0.39, 0.29) is 11.3 Å². The monoisotopic (exact) mass is 417 g/mol. The van der Waals surface area contributed by atoms with Gasteiger partial charge in [0.05, 0.1) is 0 Å². The summed E-state index contributed by atoms with van der Waals surface area (Å²) in [6.07, 6.45) is 6.76. The molecule has 0 aliphatic heterocycles. The fourth-order valence-electron chi connectivity index (χ4n) is 4.52. The Morgan fingerprint density at radius 3 is 2.52 bits per heavy atom. The van der Waals surface area contributed by atoms with Crippen molar-refractivity contribution in [1.29, 1.82) is 0 Å². The first-order chi connectivity index (χ1) is 15.0. The van der Waals surface area contributed by atoms with Gasteiger partial charge in [-0.1, -0.05) is 66.8 Å². The number of benzene rings is 2. The topological polar surface area (TPSA) is 68.0 Å². The Balaban J connectivity index is 1.34. The highest BCUT2D eigenvalue weighted by molar-refractivity contribution is 5.76. The largest absolute Gasteiger partial charge is 0.421 e. The summed E-state index contributed by atoms with van der Waals surface area (Å²) >= 11 is 0. The van der Waals surface area contributed by atoms with Gasteiger partial charge in [-0.15, -0.1) is 10.2 Å². The smallest absolute Gasteiger partial charge is 0.247 e. The fourth-order valence-corrected chi connectivity index (χ4v) is 4.52. The number of hydrogen-bond donors (Lipinski definition) is 1. The number of carbonyl (C=O) groups is 1. The number of amides is 1. The molecule has 3 aromatic rings. The summed E-state index contributed by atoms with van der Waals surface area (Å²) in [5, 5.41) is 11.4. The van der Waals surface area contributed by atoms with Crippen LogP contribution < -0.4 is 5.32 Å². The second kappa shape index (κ2) is 9.46. The van der Waals surface area contributed by atoms with E-state index in [0.717, 1.165) is 18.4 Å². The summed E-state index contributed by atoms with van der Waals surface area (Å²) in [6, 6.07) is 16.7. The van der Waals surface area contributed by atoms with Crippen molar-refractivity contribution in [1.82, 2.24) is 15.5 Å². The predicted molar refractivity (Wildman–Crippen MR) is 122 cm³/mol. The highest BCUT2D eigenvalue weighted by atomic mass is 16.4. The lowest BCUT2D eigenvalue weighted by Gasteiger charge is -2.38. The molecular weight excluding hydrogens is 386 g/mol. The minimum atomic E-state index is 0.0349. The highest BCUT2D eigenvalue weighted by Crippen LogP contribution is 2.39. The summed E-state index contributed by atoms with van der Waals surface area (Å²) < 4.78 is 5.75. The van der Waals surface area contributed by atoms with Gasteiger partial charge in [-0.05, 0) is 44.4 Å². The van der Waals surface area contributed by atoms with Crippen molar-refractivity contribution in [2.45, 2.75) is 64.2 Å². The zero-order valence-corrected chi connectivity index (χ0v) is 18.5. The third-order valence-electron chi connectivity index (χ3n) is 6.40.